The van der Waals surface area contributed by atoms with Crippen LogP contribution in [-0.4, -0.2) is 31.9 Å². The van der Waals surface area contributed by atoms with Gasteiger partial charge in [0.15, 0.2) is 11.6 Å². The van der Waals surface area contributed by atoms with E-state index < -0.39 is 11.5 Å². The summed E-state index contributed by atoms with van der Waals surface area (Å²) in [5.74, 6) is -0.553. The van der Waals surface area contributed by atoms with Crippen LogP contribution in [0.4, 0.5) is 5.82 Å². The fourth-order valence-electron chi connectivity index (χ4n) is 4.70. The molecule has 3 heterocycles. The number of anilines is 1. The van der Waals surface area contributed by atoms with E-state index in [9.17, 15) is 14.7 Å². The van der Waals surface area contributed by atoms with Gasteiger partial charge in [0.25, 0.3) is 0 Å². The Hall–Kier alpha value is -3.09. The number of nitrogens with zero attached hydrogens (tertiary/aromatic N) is 3. The van der Waals surface area contributed by atoms with Gasteiger partial charge in [-0.25, -0.2) is 9.78 Å². The summed E-state index contributed by atoms with van der Waals surface area (Å²) in [5, 5.41) is 9.31. The molecule has 0 radical (unpaired) electrons. The molecule has 0 bridgehead atoms. The van der Waals surface area contributed by atoms with Crippen molar-refractivity contribution >= 4 is 23.3 Å². The first kappa shape index (κ1) is 22.6. The van der Waals surface area contributed by atoms with Crippen LogP contribution in [0.2, 0.25) is 0 Å². The van der Waals surface area contributed by atoms with Crippen LogP contribution >= 0.6 is 0 Å². The molecule has 3 rings (SSSR count). The second-order valence-corrected chi connectivity index (χ2v) is 10.0. The summed E-state index contributed by atoms with van der Waals surface area (Å²) in [6, 6.07) is 6.96. The highest BCUT2D eigenvalue weighted by atomic mass is 16.4. The molecule has 3 aromatic heterocycles. The Morgan fingerprint density at radius 3 is 2.29 bits per heavy atom. The number of carboxylic acids is 1. The topological polar surface area (TPSA) is 88.0 Å². The minimum Gasteiger partial charge on any atom is -0.475 e. The lowest BCUT2D eigenvalue weighted by atomic mass is 9.80. The monoisotopic (exact) mass is 425 g/mol. The first-order valence-corrected chi connectivity index (χ1v) is 10.4. The van der Waals surface area contributed by atoms with Crippen molar-refractivity contribution in [2.45, 2.75) is 67.3 Å². The number of pyridine rings is 1. The number of furan rings is 1. The van der Waals surface area contributed by atoms with E-state index in [-0.39, 0.29) is 17.1 Å². The lowest BCUT2D eigenvalue weighted by Crippen LogP contribution is -2.50. The average molecular weight is 426 g/mol. The number of rotatable bonds is 5. The van der Waals surface area contributed by atoms with Crippen LogP contribution in [-0.2, 0) is 4.79 Å². The number of amides is 1. The molecule has 0 aliphatic rings. The largest absolute Gasteiger partial charge is 0.475 e. The number of fused-ring (bicyclic) bond motifs is 1. The highest BCUT2D eigenvalue weighted by Gasteiger charge is 2.38. The second-order valence-electron chi connectivity index (χ2n) is 10.0. The molecule has 0 aliphatic carbocycles. The first-order valence-electron chi connectivity index (χ1n) is 10.4. The molecule has 0 saturated heterocycles. The number of carbonyl (C=O) groups excluding carboxylic acids is 1. The number of aryl methyl sites for hydroxylation is 2. The van der Waals surface area contributed by atoms with Crippen LogP contribution in [0.5, 0.6) is 0 Å². The summed E-state index contributed by atoms with van der Waals surface area (Å²) in [5.41, 5.74) is 2.53. The van der Waals surface area contributed by atoms with Crippen molar-refractivity contribution in [1.82, 2.24) is 9.38 Å². The van der Waals surface area contributed by atoms with Gasteiger partial charge in [0.2, 0.25) is 11.7 Å². The lowest BCUT2D eigenvalue weighted by Gasteiger charge is -2.41. The molecule has 166 valence electrons. The molecule has 1 amide bonds. The van der Waals surface area contributed by atoms with Crippen LogP contribution in [0.1, 0.15) is 69.8 Å². The molecule has 31 heavy (non-hydrogen) atoms. The molecule has 0 saturated carbocycles. The minimum atomic E-state index is -1.15. The predicted octanol–water partition coefficient (Wildman–Crippen LogP) is 5.48. The fourth-order valence-corrected chi connectivity index (χ4v) is 4.70. The van der Waals surface area contributed by atoms with Crippen LogP contribution < -0.4 is 4.90 Å². The van der Waals surface area contributed by atoms with Crippen molar-refractivity contribution < 1.29 is 19.1 Å². The quantitative estimate of drug-likeness (QED) is 0.585. The Kier molecular flexibility index (Phi) is 5.50. The van der Waals surface area contributed by atoms with Crippen molar-refractivity contribution in [2.75, 3.05) is 4.90 Å². The highest BCUT2D eigenvalue weighted by Crippen LogP contribution is 2.40. The molecule has 0 atom stereocenters. The molecule has 1 N–H and O–H groups in total. The number of aromatic nitrogens is 2. The summed E-state index contributed by atoms with van der Waals surface area (Å²) in [4.78, 5) is 31.0. The summed E-state index contributed by atoms with van der Waals surface area (Å²) >= 11 is 0. The predicted molar refractivity (Wildman–Crippen MR) is 121 cm³/mol. The maximum atomic E-state index is 13.1. The zero-order chi connectivity index (χ0) is 23.3. The molecule has 7 heteroatoms. The molecular formula is C24H31N3O4. The first-order chi connectivity index (χ1) is 14.2. The number of imidazole rings is 1. The number of hydrogen-bond acceptors (Lipinski definition) is 4. The van der Waals surface area contributed by atoms with Crippen molar-refractivity contribution in [3.8, 4) is 11.5 Å². The minimum absolute atomic E-state index is 0.0232. The maximum absolute atomic E-state index is 13.1. The zero-order valence-electron chi connectivity index (χ0n) is 19.5. The lowest BCUT2D eigenvalue weighted by molar-refractivity contribution is -0.117. The fraction of sp³-hybridized carbons (Fsp3) is 0.458. The number of hydrogen-bond donors (Lipinski definition) is 1. The van der Waals surface area contributed by atoms with E-state index >= 15 is 0 Å². The third kappa shape index (κ3) is 4.36. The third-order valence-corrected chi connectivity index (χ3v) is 5.17. The molecule has 0 aliphatic heterocycles. The van der Waals surface area contributed by atoms with E-state index in [1.807, 2.05) is 44.2 Å². The second kappa shape index (κ2) is 7.55. The van der Waals surface area contributed by atoms with E-state index in [4.69, 9.17) is 9.40 Å². The maximum Gasteiger partial charge on any atom is 0.371 e. The Balaban J connectivity index is 2.36. The van der Waals surface area contributed by atoms with E-state index in [1.54, 1.807) is 17.9 Å². The van der Waals surface area contributed by atoms with Crippen LogP contribution in [0, 0.1) is 19.3 Å². The SMILES string of the molecule is CC(=O)N(c1c(-c2ccc(C(=O)O)o2)nc2cc(C)cc(C)n12)C(C)(C)CC(C)(C)C. The summed E-state index contributed by atoms with van der Waals surface area (Å²) in [6.45, 7) is 16.0. The molecule has 0 aromatic carbocycles. The Labute approximate surface area is 182 Å². The number of aromatic carboxylic acids is 1. The molecule has 7 nitrogen and oxygen atoms in total. The summed E-state index contributed by atoms with van der Waals surface area (Å²) in [6.07, 6.45) is 0.746. The average Bonchev–Trinajstić information content (AvgIpc) is 3.17. The molecular weight excluding hydrogens is 394 g/mol. The molecule has 0 unspecified atom stereocenters. The standard InChI is InChI=1S/C24H31N3O4/c1-14-11-15(2)26-19(12-14)25-20(17-9-10-18(31-17)22(29)30)21(26)27(16(3)28)24(7,8)13-23(4,5)6/h9-12H,13H2,1-8H3,(H,29,30). The van der Waals surface area contributed by atoms with Crippen LogP contribution in [0.15, 0.2) is 28.7 Å². The van der Waals surface area contributed by atoms with Gasteiger partial charge in [-0.1, -0.05) is 20.8 Å². The van der Waals surface area contributed by atoms with Gasteiger partial charge in [-0.2, -0.15) is 0 Å². The van der Waals surface area contributed by atoms with Gasteiger partial charge in [0.05, 0.1) is 0 Å². The van der Waals surface area contributed by atoms with Gasteiger partial charge < -0.3 is 9.52 Å². The van der Waals surface area contributed by atoms with Crippen LogP contribution in [0.3, 0.4) is 0 Å². The Bertz CT molecular complexity index is 1160. The zero-order valence-corrected chi connectivity index (χ0v) is 19.5. The van der Waals surface area contributed by atoms with Crippen molar-refractivity contribution in [3.63, 3.8) is 0 Å². The van der Waals surface area contributed by atoms with Gasteiger partial charge >= 0.3 is 5.97 Å². The molecule has 0 fully saturated rings. The van der Waals surface area contributed by atoms with Crippen molar-refractivity contribution in [3.05, 3.63) is 41.3 Å². The Morgan fingerprint density at radius 1 is 1.13 bits per heavy atom. The van der Waals surface area contributed by atoms with Crippen molar-refractivity contribution in [1.29, 1.82) is 0 Å². The van der Waals surface area contributed by atoms with Gasteiger partial charge in [-0.05, 0) is 69.4 Å². The molecule has 0 spiro atoms. The van der Waals surface area contributed by atoms with E-state index in [0.717, 1.165) is 17.7 Å². The number of carboxylic acid groups (broad SMARTS) is 1. The Morgan fingerprint density at radius 2 is 1.77 bits per heavy atom. The normalized spacial score (nSPS) is 12.4. The molecule has 3 aromatic rings. The van der Waals surface area contributed by atoms with Crippen LogP contribution in [0.25, 0.3) is 17.1 Å². The van der Waals surface area contributed by atoms with E-state index in [2.05, 4.69) is 20.8 Å². The van der Waals surface area contributed by atoms with Gasteiger partial charge in [0.1, 0.15) is 11.3 Å². The summed E-state index contributed by atoms with van der Waals surface area (Å²) in [7, 11) is 0. The third-order valence-electron chi connectivity index (χ3n) is 5.17. The van der Waals surface area contributed by atoms with E-state index in [1.165, 1.54) is 6.07 Å². The summed E-state index contributed by atoms with van der Waals surface area (Å²) < 4.78 is 7.54. The van der Waals surface area contributed by atoms with Gasteiger partial charge in [0, 0.05) is 18.2 Å². The van der Waals surface area contributed by atoms with Gasteiger partial charge in [-0.15, -0.1) is 0 Å². The smallest absolute Gasteiger partial charge is 0.371 e. The van der Waals surface area contributed by atoms with E-state index in [0.29, 0.717) is 22.9 Å². The number of carbonyl (C=O) groups is 2. The van der Waals surface area contributed by atoms with Gasteiger partial charge in [-0.3, -0.25) is 14.1 Å². The van der Waals surface area contributed by atoms with Crippen molar-refractivity contribution in [2.24, 2.45) is 5.41 Å². The highest BCUT2D eigenvalue weighted by molar-refractivity contribution is 5.96.